The Morgan fingerprint density at radius 2 is 0.678 bits per heavy atom. The smallest absolute Gasteiger partial charge is 0.164 e. The first-order chi connectivity index (χ1) is 29.2. The number of nitrogens with zero attached hydrogens (tertiary/aromatic N) is 3. The minimum Gasteiger partial charge on any atom is -0.208 e. The highest BCUT2D eigenvalue weighted by Gasteiger charge is 2.51. The Morgan fingerprint density at radius 3 is 1.31 bits per heavy atom. The van der Waals surface area contributed by atoms with Gasteiger partial charge in [0.25, 0.3) is 0 Å². The highest BCUT2D eigenvalue weighted by Crippen LogP contribution is 2.63. The Kier molecular flexibility index (Phi) is 7.45. The van der Waals surface area contributed by atoms with Gasteiger partial charge in [-0.3, -0.25) is 0 Å². The van der Waals surface area contributed by atoms with E-state index >= 15 is 0 Å². The van der Waals surface area contributed by atoms with Gasteiger partial charge in [-0.2, -0.15) is 0 Å². The number of fused-ring (bicyclic) bond motifs is 11. The van der Waals surface area contributed by atoms with Crippen LogP contribution in [0.2, 0.25) is 0 Å². The molecule has 0 bridgehead atoms. The van der Waals surface area contributed by atoms with Gasteiger partial charge in [0.2, 0.25) is 0 Å². The van der Waals surface area contributed by atoms with E-state index < -0.39 is 0 Å². The van der Waals surface area contributed by atoms with Crippen molar-refractivity contribution in [3.05, 3.63) is 235 Å². The molecule has 0 fully saturated rings. The first kappa shape index (κ1) is 33.4. The van der Waals surface area contributed by atoms with Gasteiger partial charge in [0.05, 0.1) is 5.41 Å². The van der Waals surface area contributed by atoms with Crippen LogP contribution < -0.4 is 0 Å². The van der Waals surface area contributed by atoms with Crippen molar-refractivity contribution in [3.63, 3.8) is 0 Å². The Balaban J connectivity index is 0.953. The van der Waals surface area contributed by atoms with Gasteiger partial charge in [0, 0.05) is 16.7 Å². The van der Waals surface area contributed by atoms with Gasteiger partial charge in [0.1, 0.15) is 0 Å². The van der Waals surface area contributed by atoms with Crippen molar-refractivity contribution in [1.29, 1.82) is 0 Å². The molecule has 0 saturated heterocycles. The van der Waals surface area contributed by atoms with Gasteiger partial charge in [-0.15, -0.1) is 0 Å². The number of hydrogen-bond acceptors (Lipinski definition) is 3. The van der Waals surface area contributed by atoms with Crippen molar-refractivity contribution in [2.75, 3.05) is 0 Å². The zero-order valence-corrected chi connectivity index (χ0v) is 32.0. The maximum absolute atomic E-state index is 5.10. The van der Waals surface area contributed by atoms with E-state index in [4.69, 9.17) is 15.0 Å². The molecule has 274 valence electrons. The van der Waals surface area contributed by atoms with E-state index in [9.17, 15) is 0 Å². The van der Waals surface area contributed by atoms with Crippen LogP contribution in [0.15, 0.2) is 212 Å². The third kappa shape index (κ3) is 5.11. The number of aromatic nitrogens is 3. The summed E-state index contributed by atoms with van der Waals surface area (Å²) >= 11 is 0. The number of hydrogen-bond donors (Lipinski definition) is 0. The number of benzene rings is 9. The molecule has 2 aliphatic carbocycles. The highest BCUT2D eigenvalue weighted by molar-refractivity contribution is 6.00. The summed E-state index contributed by atoms with van der Waals surface area (Å²) in [6.07, 6.45) is 0. The molecule has 59 heavy (non-hydrogen) atoms. The Hall–Kier alpha value is -7.75. The maximum Gasteiger partial charge on any atom is 0.164 e. The SMILES string of the molecule is c1ccc(-c2nc(-c3ccc(-c4ccc5ccccc5c4)cc3)nc(-c3ccc(-c4cccc5c4-c4ccccc4C54c5ccccc5-c5ccccc54)cc3)n2)cc1. The van der Waals surface area contributed by atoms with Crippen molar-refractivity contribution < 1.29 is 0 Å². The summed E-state index contributed by atoms with van der Waals surface area (Å²) in [6.45, 7) is 0. The molecular weight excluding hydrogens is 715 g/mol. The lowest BCUT2D eigenvalue weighted by Gasteiger charge is -2.30. The predicted octanol–water partition coefficient (Wildman–Crippen LogP) is 13.7. The first-order valence-corrected chi connectivity index (χ1v) is 20.2. The van der Waals surface area contributed by atoms with Crippen LogP contribution in [0.5, 0.6) is 0 Å². The summed E-state index contributed by atoms with van der Waals surface area (Å²) in [5, 5.41) is 2.46. The Bertz CT molecular complexity index is 3210. The average Bonchev–Trinajstić information content (AvgIpc) is 3.79. The van der Waals surface area contributed by atoms with Crippen molar-refractivity contribution in [2.24, 2.45) is 0 Å². The summed E-state index contributed by atoms with van der Waals surface area (Å²) < 4.78 is 0. The molecule has 0 unspecified atom stereocenters. The molecule has 9 aromatic carbocycles. The van der Waals surface area contributed by atoms with E-state index in [1.165, 1.54) is 66.4 Å². The van der Waals surface area contributed by atoms with E-state index in [1.807, 2.05) is 18.2 Å². The summed E-state index contributed by atoms with van der Waals surface area (Å²) in [7, 11) is 0. The quantitative estimate of drug-likeness (QED) is 0.176. The van der Waals surface area contributed by atoms with Crippen LogP contribution in [-0.4, -0.2) is 15.0 Å². The molecule has 0 saturated carbocycles. The summed E-state index contributed by atoms with van der Waals surface area (Å²) in [4.78, 5) is 15.2. The summed E-state index contributed by atoms with van der Waals surface area (Å²) in [5.74, 6) is 1.93. The summed E-state index contributed by atoms with van der Waals surface area (Å²) in [5.41, 5.74) is 17.7. The van der Waals surface area contributed by atoms with E-state index in [0.29, 0.717) is 17.5 Å². The maximum atomic E-state index is 5.10. The van der Waals surface area contributed by atoms with Crippen LogP contribution in [0.3, 0.4) is 0 Å². The van der Waals surface area contributed by atoms with Crippen LogP contribution in [-0.2, 0) is 5.41 Å². The van der Waals surface area contributed by atoms with Gasteiger partial charge in [0.15, 0.2) is 17.5 Å². The molecule has 1 heterocycles. The molecule has 2 aliphatic rings. The molecule has 0 N–H and O–H groups in total. The molecule has 10 aromatic rings. The molecule has 0 radical (unpaired) electrons. The highest BCUT2D eigenvalue weighted by atomic mass is 15.0. The molecule has 0 atom stereocenters. The zero-order valence-electron chi connectivity index (χ0n) is 32.0. The van der Waals surface area contributed by atoms with Crippen molar-refractivity contribution in [1.82, 2.24) is 15.0 Å². The van der Waals surface area contributed by atoms with Gasteiger partial charge < -0.3 is 0 Å². The minimum absolute atomic E-state index is 0.377. The fourth-order valence-electron chi connectivity index (χ4n) is 9.71. The topological polar surface area (TPSA) is 38.7 Å². The molecule has 3 nitrogen and oxygen atoms in total. The predicted molar refractivity (Wildman–Crippen MR) is 241 cm³/mol. The second-order valence-electron chi connectivity index (χ2n) is 15.5. The molecular formula is C56H35N3. The van der Waals surface area contributed by atoms with E-state index in [-0.39, 0.29) is 5.41 Å². The third-order valence-corrected chi connectivity index (χ3v) is 12.4. The monoisotopic (exact) mass is 749 g/mol. The van der Waals surface area contributed by atoms with Crippen LogP contribution in [0.1, 0.15) is 22.3 Å². The van der Waals surface area contributed by atoms with Crippen LogP contribution in [0.4, 0.5) is 0 Å². The largest absolute Gasteiger partial charge is 0.208 e. The molecule has 1 spiro atoms. The van der Waals surface area contributed by atoms with Crippen LogP contribution in [0, 0.1) is 0 Å². The van der Waals surface area contributed by atoms with Crippen LogP contribution in [0.25, 0.3) is 89.4 Å². The number of rotatable bonds is 5. The molecule has 3 heteroatoms. The van der Waals surface area contributed by atoms with Crippen LogP contribution >= 0.6 is 0 Å². The van der Waals surface area contributed by atoms with E-state index in [1.54, 1.807) is 0 Å². The Labute approximate surface area is 343 Å². The standard InChI is InChI=1S/C56H35N3/c1-2-14-39(15-3-1)53-57-54(40-30-25-37(26-31-40)43-34-27-36-13-4-5-16-42(36)35-43)59-55(58-53)41-32-28-38(29-33-41)44-20-12-24-51-52(44)47-19-8-11-23-50(47)56(51)48-21-9-6-17-45(48)46-18-7-10-22-49(46)56/h1-35H. The van der Waals surface area contributed by atoms with Crippen molar-refractivity contribution in [2.45, 2.75) is 5.41 Å². The normalized spacial score (nSPS) is 12.9. The fourth-order valence-corrected chi connectivity index (χ4v) is 9.71. The minimum atomic E-state index is -0.377. The third-order valence-electron chi connectivity index (χ3n) is 12.4. The average molecular weight is 750 g/mol. The summed E-state index contributed by atoms with van der Waals surface area (Å²) in [6, 6.07) is 76.3. The molecule has 12 rings (SSSR count). The van der Waals surface area contributed by atoms with E-state index in [2.05, 4.69) is 194 Å². The van der Waals surface area contributed by atoms with Crippen molar-refractivity contribution >= 4 is 10.8 Å². The van der Waals surface area contributed by atoms with Gasteiger partial charge in [-0.05, 0) is 83.6 Å². The van der Waals surface area contributed by atoms with E-state index in [0.717, 1.165) is 27.8 Å². The second kappa shape index (κ2) is 13.2. The lowest BCUT2D eigenvalue weighted by atomic mass is 9.70. The van der Waals surface area contributed by atoms with Gasteiger partial charge >= 0.3 is 0 Å². The molecule has 1 aromatic heterocycles. The molecule has 0 amide bonds. The fraction of sp³-hybridized carbons (Fsp3) is 0.0179. The molecule has 0 aliphatic heterocycles. The first-order valence-electron chi connectivity index (χ1n) is 20.2. The van der Waals surface area contributed by atoms with Gasteiger partial charge in [-0.25, -0.2) is 15.0 Å². The Morgan fingerprint density at radius 1 is 0.254 bits per heavy atom. The lowest BCUT2D eigenvalue weighted by molar-refractivity contribution is 0.794. The lowest BCUT2D eigenvalue weighted by Crippen LogP contribution is -2.25. The van der Waals surface area contributed by atoms with Crippen molar-refractivity contribution in [3.8, 4) is 78.7 Å². The second-order valence-corrected chi connectivity index (χ2v) is 15.5. The van der Waals surface area contributed by atoms with Gasteiger partial charge in [-0.1, -0.05) is 206 Å². The zero-order chi connectivity index (χ0) is 38.9.